The van der Waals surface area contributed by atoms with Crippen LogP contribution in [0.5, 0.6) is 0 Å². The lowest BCUT2D eigenvalue weighted by Gasteiger charge is -2.20. The van der Waals surface area contributed by atoms with Gasteiger partial charge in [-0.25, -0.2) is 9.59 Å². The van der Waals surface area contributed by atoms with Crippen molar-refractivity contribution in [2.45, 2.75) is 46.7 Å². The van der Waals surface area contributed by atoms with Crippen molar-refractivity contribution in [3.8, 4) is 0 Å². The van der Waals surface area contributed by atoms with Crippen LogP contribution in [0.1, 0.15) is 42.1 Å². The monoisotopic (exact) mass is 298 g/mol. The van der Waals surface area contributed by atoms with E-state index < -0.39 is 18.0 Å². The van der Waals surface area contributed by atoms with Crippen molar-refractivity contribution < 1.29 is 14.7 Å². The lowest BCUT2D eigenvalue weighted by Crippen LogP contribution is -2.49. The molecule has 0 aliphatic carbocycles. The van der Waals surface area contributed by atoms with Gasteiger partial charge in [0.15, 0.2) is 0 Å². The van der Waals surface area contributed by atoms with Gasteiger partial charge in [0, 0.05) is 9.75 Å². The lowest BCUT2D eigenvalue weighted by molar-refractivity contribution is -0.140. The highest BCUT2D eigenvalue weighted by Crippen LogP contribution is 2.25. The van der Waals surface area contributed by atoms with Crippen LogP contribution in [-0.2, 0) is 4.79 Å². The number of hydrogen-bond acceptors (Lipinski definition) is 3. The van der Waals surface area contributed by atoms with E-state index in [0.29, 0.717) is 0 Å². The molecule has 0 aliphatic rings. The second kappa shape index (κ2) is 6.74. The predicted octanol–water partition coefficient (Wildman–Crippen LogP) is 2.83. The van der Waals surface area contributed by atoms with Gasteiger partial charge >= 0.3 is 12.0 Å². The predicted molar refractivity (Wildman–Crippen MR) is 80.1 cm³/mol. The molecule has 0 radical (unpaired) electrons. The minimum absolute atomic E-state index is 0.151. The summed E-state index contributed by atoms with van der Waals surface area (Å²) in [5.74, 6) is -1.19. The standard InChI is InChI=1S/C14H22N2O3S/c1-7(2)12(13(17)18)16-14(19)15-9(4)11-6-8(3)20-10(11)5/h6-7,9,12H,1-5H3,(H,17,18)(H2,15,16,19). The van der Waals surface area contributed by atoms with E-state index in [1.807, 2.05) is 26.8 Å². The molecule has 2 amide bonds. The zero-order valence-corrected chi connectivity index (χ0v) is 13.3. The lowest BCUT2D eigenvalue weighted by atomic mass is 10.1. The number of rotatable bonds is 5. The first kappa shape index (κ1) is 16.5. The van der Waals surface area contributed by atoms with Crippen molar-refractivity contribution >= 4 is 23.3 Å². The molecule has 20 heavy (non-hydrogen) atoms. The number of urea groups is 1. The van der Waals surface area contributed by atoms with Gasteiger partial charge in [0.2, 0.25) is 0 Å². The van der Waals surface area contributed by atoms with E-state index in [-0.39, 0.29) is 12.0 Å². The van der Waals surface area contributed by atoms with Crippen LogP contribution < -0.4 is 10.6 Å². The zero-order chi connectivity index (χ0) is 15.4. The first-order valence-corrected chi connectivity index (χ1v) is 7.40. The van der Waals surface area contributed by atoms with E-state index in [9.17, 15) is 9.59 Å². The number of hydrogen-bond donors (Lipinski definition) is 3. The highest BCUT2D eigenvalue weighted by Gasteiger charge is 2.24. The molecule has 3 N–H and O–H groups in total. The second-order valence-electron chi connectivity index (χ2n) is 5.27. The third-order valence-electron chi connectivity index (χ3n) is 3.11. The molecule has 0 aromatic carbocycles. The number of carbonyl (C=O) groups excluding carboxylic acids is 1. The summed E-state index contributed by atoms with van der Waals surface area (Å²) in [6, 6.07) is 0.554. The maximum atomic E-state index is 11.9. The topological polar surface area (TPSA) is 78.4 Å². The average Bonchev–Trinajstić information content (AvgIpc) is 2.64. The van der Waals surface area contributed by atoms with E-state index in [0.717, 1.165) is 10.4 Å². The Labute approximate surface area is 123 Å². The third kappa shape index (κ3) is 4.23. The first-order valence-electron chi connectivity index (χ1n) is 6.59. The van der Waals surface area contributed by atoms with Crippen LogP contribution in [0.15, 0.2) is 6.07 Å². The molecule has 0 aliphatic heterocycles. The van der Waals surface area contributed by atoms with Crippen LogP contribution in [-0.4, -0.2) is 23.1 Å². The highest BCUT2D eigenvalue weighted by atomic mass is 32.1. The fraction of sp³-hybridized carbons (Fsp3) is 0.571. The van der Waals surface area contributed by atoms with Crippen LogP contribution in [0.3, 0.4) is 0 Å². The number of carbonyl (C=O) groups is 2. The van der Waals surface area contributed by atoms with Crippen molar-refractivity contribution in [3.05, 3.63) is 21.4 Å². The summed E-state index contributed by atoms with van der Waals surface area (Å²) < 4.78 is 0. The number of nitrogens with one attached hydrogen (secondary N) is 2. The Bertz CT molecular complexity index is 497. The summed E-state index contributed by atoms with van der Waals surface area (Å²) in [5.41, 5.74) is 1.07. The molecule has 6 heteroatoms. The van der Waals surface area contributed by atoms with Crippen molar-refractivity contribution in [2.75, 3.05) is 0 Å². The molecule has 0 fully saturated rings. The largest absolute Gasteiger partial charge is 0.480 e. The minimum atomic E-state index is -1.02. The molecule has 112 valence electrons. The quantitative estimate of drug-likeness (QED) is 0.782. The average molecular weight is 298 g/mol. The third-order valence-corrected chi connectivity index (χ3v) is 4.09. The molecule has 1 aromatic heterocycles. The maximum Gasteiger partial charge on any atom is 0.326 e. The number of thiophene rings is 1. The van der Waals surface area contributed by atoms with E-state index in [2.05, 4.69) is 10.6 Å². The van der Waals surface area contributed by atoms with Gasteiger partial charge in [-0.05, 0) is 38.3 Å². The molecular formula is C14H22N2O3S. The molecule has 5 nitrogen and oxygen atoms in total. The van der Waals surface area contributed by atoms with Gasteiger partial charge in [-0.3, -0.25) is 0 Å². The number of amides is 2. The van der Waals surface area contributed by atoms with Gasteiger partial charge < -0.3 is 15.7 Å². The molecule has 0 bridgehead atoms. The fourth-order valence-electron chi connectivity index (χ4n) is 2.05. The molecule has 2 atom stereocenters. The number of carboxylic acid groups (broad SMARTS) is 1. The van der Waals surface area contributed by atoms with Gasteiger partial charge in [-0.1, -0.05) is 13.8 Å². The summed E-state index contributed by atoms with van der Waals surface area (Å²) in [4.78, 5) is 25.3. The summed E-state index contributed by atoms with van der Waals surface area (Å²) in [7, 11) is 0. The normalized spacial score (nSPS) is 13.9. The molecule has 0 spiro atoms. The zero-order valence-electron chi connectivity index (χ0n) is 12.5. The van der Waals surface area contributed by atoms with Gasteiger partial charge in [0.1, 0.15) is 6.04 Å². The Morgan fingerprint density at radius 1 is 1.20 bits per heavy atom. The Morgan fingerprint density at radius 2 is 1.80 bits per heavy atom. The van der Waals surface area contributed by atoms with Gasteiger partial charge in [-0.15, -0.1) is 11.3 Å². The smallest absolute Gasteiger partial charge is 0.326 e. The fourth-order valence-corrected chi connectivity index (χ4v) is 3.07. The number of aryl methyl sites for hydroxylation is 2. The Hall–Kier alpha value is -1.56. The van der Waals surface area contributed by atoms with Gasteiger partial charge in [-0.2, -0.15) is 0 Å². The maximum absolute atomic E-state index is 11.9. The first-order chi connectivity index (χ1) is 9.22. The molecule has 1 aromatic rings. The Morgan fingerprint density at radius 3 is 2.20 bits per heavy atom. The SMILES string of the molecule is Cc1cc(C(C)NC(=O)NC(C(=O)O)C(C)C)c(C)s1. The number of carboxylic acids is 1. The minimum Gasteiger partial charge on any atom is -0.480 e. The molecule has 1 heterocycles. The molecule has 0 saturated carbocycles. The Kier molecular flexibility index (Phi) is 5.56. The highest BCUT2D eigenvalue weighted by molar-refractivity contribution is 7.12. The van der Waals surface area contributed by atoms with Crippen molar-refractivity contribution in [2.24, 2.45) is 5.92 Å². The molecule has 1 rings (SSSR count). The summed E-state index contributed by atoms with van der Waals surface area (Å²) in [5, 5.41) is 14.3. The summed E-state index contributed by atoms with van der Waals surface area (Å²) in [6.45, 7) is 9.44. The number of aliphatic carboxylic acids is 1. The summed E-state index contributed by atoms with van der Waals surface area (Å²) in [6.07, 6.45) is 0. The van der Waals surface area contributed by atoms with Crippen LogP contribution in [0.25, 0.3) is 0 Å². The van der Waals surface area contributed by atoms with E-state index in [1.54, 1.807) is 25.2 Å². The molecule has 0 saturated heterocycles. The second-order valence-corrected chi connectivity index (χ2v) is 6.73. The van der Waals surface area contributed by atoms with Crippen LogP contribution in [0, 0.1) is 19.8 Å². The van der Waals surface area contributed by atoms with Crippen LogP contribution in [0.4, 0.5) is 4.79 Å². The van der Waals surface area contributed by atoms with Crippen molar-refractivity contribution in [1.82, 2.24) is 10.6 Å². The molecular weight excluding hydrogens is 276 g/mol. The van der Waals surface area contributed by atoms with E-state index in [4.69, 9.17) is 5.11 Å². The van der Waals surface area contributed by atoms with Crippen molar-refractivity contribution in [1.29, 1.82) is 0 Å². The van der Waals surface area contributed by atoms with Crippen LogP contribution >= 0.6 is 11.3 Å². The van der Waals surface area contributed by atoms with Gasteiger partial charge in [0.05, 0.1) is 6.04 Å². The summed E-state index contributed by atoms with van der Waals surface area (Å²) >= 11 is 1.68. The molecule has 2 unspecified atom stereocenters. The Balaban J connectivity index is 2.66. The van der Waals surface area contributed by atoms with Crippen LogP contribution in [0.2, 0.25) is 0 Å². The van der Waals surface area contributed by atoms with Crippen molar-refractivity contribution in [3.63, 3.8) is 0 Å². The van der Waals surface area contributed by atoms with Gasteiger partial charge in [0.25, 0.3) is 0 Å². The van der Waals surface area contributed by atoms with E-state index >= 15 is 0 Å². The van der Waals surface area contributed by atoms with E-state index in [1.165, 1.54) is 4.88 Å².